The topological polar surface area (TPSA) is 110 Å². The highest BCUT2D eigenvalue weighted by molar-refractivity contribution is 5.99. The average molecular weight is 629 g/mol. The summed E-state index contributed by atoms with van der Waals surface area (Å²) < 4.78 is 90.9. The molecule has 2 saturated heterocycles. The van der Waals surface area contributed by atoms with E-state index in [-0.39, 0.29) is 34.8 Å². The zero-order chi connectivity index (χ0) is 31.7. The molecule has 0 radical (unpaired) electrons. The van der Waals surface area contributed by atoms with Crippen molar-refractivity contribution in [3.05, 3.63) is 83.1 Å². The zero-order valence-corrected chi connectivity index (χ0v) is 23.5. The Morgan fingerprint density at radius 1 is 1.04 bits per heavy atom. The lowest BCUT2D eigenvalue weighted by Gasteiger charge is -2.50. The summed E-state index contributed by atoms with van der Waals surface area (Å²) in [4.78, 5) is 18.4. The van der Waals surface area contributed by atoms with Gasteiger partial charge in [-0.2, -0.15) is 13.2 Å². The number of anilines is 1. The van der Waals surface area contributed by atoms with E-state index in [0.29, 0.717) is 35.5 Å². The van der Waals surface area contributed by atoms with E-state index in [9.17, 15) is 18.0 Å². The number of rotatable bonds is 5. The molecule has 8 rings (SSSR count). The van der Waals surface area contributed by atoms with E-state index in [2.05, 4.69) is 20.5 Å². The Morgan fingerprint density at radius 3 is 2.44 bits per heavy atom. The van der Waals surface area contributed by atoms with Gasteiger partial charge in [0.1, 0.15) is 5.82 Å². The molecule has 3 aliphatic heterocycles. The van der Waals surface area contributed by atoms with Crippen LogP contribution in [0.5, 0.6) is 0 Å². The van der Waals surface area contributed by atoms with Crippen LogP contribution in [0.15, 0.2) is 59.1 Å². The Morgan fingerprint density at radius 2 is 1.80 bits per heavy atom. The van der Waals surface area contributed by atoms with Crippen molar-refractivity contribution < 1.29 is 35.6 Å². The number of halogens is 6. The lowest BCUT2D eigenvalue weighted by molar-refractivity contribution is -0.137. The fourth-order valence-corrected chi connectivity index (χ4v) is 6.54. The monoisotopic (exact) mass is 628 g/mol. The van der Waals surface area contributed by atoms with Crippen LogP contribution >= 0.6 is 0 Å². The number of benzene rings is 2. The number of nitrogens with one attached hydrogen (secondary N) is 1. The van der Waals surface area contributed by atoms with Crippen LogP contribution in [0.4, 0.5) is 32.0 Å². The smallest absolute Gasteiger partial charge is 0.417 e. The van der Waals surface area contributed by atoms with Gasteiger partial charge in [0.25, 0.3) is 11.8 Å². The normalized spacial score (nSPS) is 24.2. The summed E-state index contributed by atoms with van der Waals surface area (Å²) in [6, 6.07) is 8.74. The number of amides is 1. The van der Waals surface area contributed by atoms with E-state index < -0.39 is 47.4 Å². The van der Waals surface area contributed by atoms with Crippen molar-refractivity contribution in [2.75, 3.05) is 18.0 Å². The summed E-state index contributed by atoms with van der Waals surface area (Å²) in [6.07, 6.45) is -3.10. The summed E-state index contributed by atoms with van der Waals surface area (Å²) in [5.74, 6) is -4.78. The van der Waals surface area contributed by atoms with Crippen LogP contribution in [-0.2, 0) is 28.9 Å². The lowest BCUT2D eigenvalue weighted by Crippen LogP contribution is -2.57. The number of fused-ring (bicyclic) bond motifs is 3. The molecule has 1 saturated carbocycles. The van der Waals surface area contributed by atoms with Crippen molar-refractivity contribution in [2.24, 2.45) is 11.7 Å². The Labute approximate surface area is 252 Å². The molecule has 3 N–H and O–H groups in total. The number of pyridine rings is 1. The third kappa shape index (κ3) is 5.15. The van der Waals surface area contributed by atoms with Crippen LogP contribution in [0.1, 0.15) is 41.8 Å². The molecule has 2 aromatic heterocycles. The number of alkyl halides is 5. The van der Waals surface area contributed by atoms with Crippen LogP contribution in [-0.4, -0.2) is 40.2 Å². The highest BCUT2D eigenvalue weighted by Gasteiger charge is 2.52. The van der Waals surface area contributed by atoms with Crippen LogP contribution in [0, 0.1) is 11.7 Å². The molecule has 2 aromatic carbocycles. The first kappa shape index (κ1) is 29.4. The molecule has 4 aromatic rings. The minimum atomic E-state index is -4.52. The highest BCUT2D eigenvalue weighted by Crippen LogP contribution is 2.50. The molecule has 5 heterocycles. The predicted molar refractivity (Wildman–Crippen MR) is 149 cm³/mol. The lowest BCUT2D eigenvalue weighted by atomic mass is 9.59. The molecule has 1 aliphatic carbocycles. The van der Waals surface area contributed by atoms with Crippen molar-refractivity contribution >= 4 is 11.6 Å². The second-order valence-electron chi connectivity index (χ2n) is 12.0. The maximum absolute atomic E-state index is 15.5. The van der Waals surface area contributed by atoms with E-state index in [0.717, 1.165) is 42.6 Å². The number of piperidine rings is 2. The number of nitrogens with two attached hydrogens (primary N) is 1. The number of nitrogens with zero attached hydrogens (tertiary/aromatic N) is 4. The number of carbonyl (C=O) groups is 1. The minimum absolute atomic E-state index is 0.189. The van der Waals surface area contributed by atoms with Crippen molar-refractivity contribution in [3.8, 4) is 22.7 Å². The molecule has 1 atom stereocenters. The van der Waals surface area contributed by atoms with Gasteiger partial charge in [-0.05, 0) is 55.1 Å². The molecule has 4 aliphatic rings. The molecule has 14 heteroatoms. The quantitative estimate of drug-likeness (QED) is 0.279. The van der Waals surface area contributed by atoms with Gasteiger partial charge in [0.2, 0.25) is 11.8 Å². The van der Waals surface area contributed by atoms with Gasteiger partial charge in [-0.1, -0.05) is 24.3 Å². The van der Waals surface area contributed by atoms with Crippen molar-refractivity contribution in [1.29, 1.82) is 0 Å². The molecular weight excluding hydrogens is 602 g/mol. The number of hydrogen-bond donors (Lipinski definition) is 2. The van der Waals surface area contributed by atoms with Crippen LogP contribution in [0.2, 0.25) is 0 Å². The first-order valence-corrected chi connectivity index (χ1v) is 14.3. The highest BCUT2D eigenvalue weighted by atomic mass is 19.4. The van der Waals surface area contributed by atoms with Gasteiger partial charge < -0.3 is 20.4 Å². The second kappa shape index (κ2) is 10.4. The fourth-order valence-electron chi connectivity index (χ4n) is 6.54. The number of carbonyl (C=O) groups excluding carboxylic acids is 1. The average Bonchev–Trinajstić information content (AvgIpc) is 3.48. The molecule has 2 bridgehead atoms. The molecular formula is C31H26F6N6O2. The van der Waals surface area contributed by atoms with Crippen molar-refractivity contribution in [3.63, 3.8) is 0 Å². The number of hydrogen-bond acceptors (Lipinski definition) is 7. The predicted octanol–water partition coefficient (Wildman–Crippen LogP) is 5.56. The van der Waals surface area contributed by atoms with Gasteiger partial charge >= 0.3 is 6.18 Å². The van der Waals surface area contributed by atoms with Gasteiger partial charge in [0.05, 0.1) is 40.5 Å². The largest absolute Gasteiger partial charge is 0.420 e. The van der Waals surface area contributed by atoms with Gasteiger partial charge in [-0.15, -0.1) is 10.2 Å². The summed E-state index contributed by atoms with van der Waals surface area (Å²) >= 11 is 0. The standard InChI is InChI=1S/C31H26F6N6O2/c32-22-8-21-25(7-20(22)26-41-42-28(45-26)29-9-17(10-29)12-39-15-29)43(27(44)23(38)11-30(21,33)34)14-16-1-3-18(4-2-16)24-6-5-19(13-40-24)31(35,36)37/h1-8,13,17,23,39H,9-12,14-15,38H2. The van der Waals surface area contributed by atoms with Crippen molar-refractivity contribution in [1.82, 2.24) is 20.5 Å². The van der Waals surface area contributed by atoms with Crippen LogP contribution in [0.3, 0.4) is 0 Å². The Kier molecular flexibility index (Phi) is 6.78. The van der Waals surface area contributed by atoms with E-state index in [1.54, 1.807) is 24.3 Å². The Balaban J connectivity index is 1.22. The molecule has 8 nitrogen and oxygen atoms in total. The Hall–Kier alpha value is -4.30. The first-order valence-electron chi connectivity index (χ1n) is 14.3. The second-order valence-corrected chi connectivity index (χ2v) is 12.0. The third-order valence-corrected chi connectivity index (χ3v) is 8.88. The maximum Gasteiger partial charge on any atom is 0.417 e. The summed E-state index contributed by atoms with van der Waals surface area (Å²) in [5.41, 5.74) is 4.79. The first-order chi connectivity index (χ1) is 21.3. The summed E-state index contributed by atoms with van der Waals surface area (Å²) in [7, 11) is 0. The van der Waals surface area contributed by atoms with Crippen molar-refractivity contribution in [2.45, 2.75) is 49.4 Å². The van der Waals surface area contributed by atoms with E-state index in [4.69, 9.17) is 10.2 Å². The van der Waals surface area contributed by atoms with Crippen LogP contribution < -0.4 is 16.0 Å². The number of aromatic nitrogens is 3. The Bertz CT molecular complexity index is 1760. The minimum Gasteiger partial charge on any atom is -0.420 e. The molecule has 3 fully saturated rings. The van der Waals surface area contributed by atoms with E-state index in [1.807, 2.05) is 0 Å². The van der Waals surface area contributed by atoms with E-state index >= 15 is 13.2 Å². The van der Waals surface area contributed by atoms with E-state index in [1.165, 1.54) is 6.07 Å². The molecule has 1 unspecified atom stereocenters. The maximum atomic E-state index is 15.5. The summed E-state index contributed by atoms with van der Waals surface area (Å²) in [6.45, 7) is 1.33. The van der Waals surface area contributed by atoms with Gasteiger partial charge in [0, 0.05) is 30.3 Å². The SMILES string of the molecule is NC1CC(F)(F)c2cc(F)c(-c3nnc(C45CNCC(C4)C5)o3)cc2N(Cc2ccc(-c3ccc(C(F)(F)F)cn3)cc2)C1=O. The summed E-state index contributed by atoms with van der Waals surface area (Å²) in [5, 5.41) is 11.5. The molecule has 0 spiro atoms. The fraction of sp³-hybridized carbons (Fsp3) is 0.355. The molecule has 1 amide bonds. The van der Waals surface area contributed by atoms with Crippen LogP contribution in [0.25, 0.3) is 22.7 Å². The third-order valence-electron chi connectivity index (χ3n) is 8.88. The van der Waals surface area contributed by atoms with Gasteiger partial charge in [-0.3, -0.25) is 9.78 Å². The molecule has 234 valence electrons. The molecule has 45 heavy (non-hydrogen) atoms. The van der Waals surface area contributed by atoms with Gasteiger partial charge in [0.15, 0.2) is 0 Å². The van der Waals surface area contributed by atoms with Gasteiger partial charge in [-0.25, -0.2) is 13.2 Å². The zero-order valence-electron chi connectivity index (χ0n) is 23.5.